The lowest BCUT2D eigenvalue weighted by Gasteiger charge is -2.37. The Balaban J connectivity index is 0.000000169. The fraction of sp³-hybridized carbons (Fsp3) is 0.842. The van der Waals surface area contributed by atoms with Gasteiger partial charge >= 0.3 is 0 Å². The minimum atomic E-state index is -0.990. The average Bonchev–Trinajstić information content (AvgIpc) is 3.11. The second-order valence-electron chi connectivity index (χ2n) is 15.6. The number of piperidine rings is 3. The van der Waals surface area contributed by atoms with Crippen LogP contribution in [0.3, 0.4) is 0 Å². The Morgan fingerprint density at radius 2 is 1.04 bits per heavy atom. The summed E-state index contributed by atoms with van der Waals surface area (Å²) in [6.45, 7) is 2.98. The van der Waals surface area contributed by atoms with E-state index >= 15 is 0 Å². The number of β-amino-alcohol motifs (C(OH)–C–C–N with tert-alkyl or cyclic N) is 3. The molecule has 5 fully saturated rings. The molecule has 5 aliphatic rings. The van der Waals surface area contributed by atoms with Crippen LogP contribution in [0.15, 0.2) is 24.3 Å². The first-order valence-electron chi connectivity index (χ1n) is 19.3. The minimum Gasteiger partial charge on any atom is -0.393 e. The summed E-state index contributed by atoms with van der Waals surface area (Å²) in [5.41, 5.74) is 0.973. The zero-order chi connectivity index (χ0) is 36.0. The normalized spacial score (nSPS) is 35.5. The molecule has 0 radical (unpaired) electrons. The molecule has 50 heavy (non-hydrogen) atoms. The van der Waals surface area contributed by atoms with Crippen molar-refractivity contribution in [3.8, 4) is 0 Å². The first-order chi connectivity index (χ1) is 24.0. The third kappa shape index (κ3) is 13.0. The molecule has 288 valence electrons. The molecular formula is C38H65F2N3O7. The molecule has 3 saturated heterocycles. The van der Waals surface area contributed by atoms with Crippen molar-refractivity contribution in [3.05, 3.63) is 35.6 Å². The topological polar surface area (TPSA) is 178 Å². The van der Waals surface area contributed by atoms with E-state index in [4.69, 9.17) is 0 Å². The highest BCUT2D eigenvalue weighted by atomic mass is 19.1. The molecule has 1 aromatic carbocycles. The predicted molar refractivity (Wildman–Crippen MR) is 189 cm³/mol. The fourth-order valence-corrected chi connectivity index (χ4v) is 8.50. The molecule has 0 bridgehead atoms. The van der Waals surface area contributed by atoms with Crippen molar-refractivity contribution in [2.45, 2.75) is 132 Å². The molecule has 0 aromatic heterocycles. The van der Waals surface area contributed by atoms with Crippen LogP contribution < -0.4 is 16.0 Å². The second kappa shape index (κ2) is 21.4. The molecule has 3 heterocycles. The average molecular weight is 714 g/mol. The Hall–Kier alpha value is -1.32. The largest absolute Gasteiger partial charge is 0.393 e. The Bertz CT molecular complexity index is 1020. The maximum Gasteiger partial charge on any atom is 0.123 e. The van der Waals surface area contributed by atoms with E-state index in [1.165, 1.54) is 63.5 Å². The molecule has 2 saturated carbocycles. The smallest absolute Gasteiger partial charge is 0.123 e. The van der Waals surface area contributed by atoms with Crippen molar-refractivity contribution in [1.29, 1.82) is 0 Å². The fourth-order valence-electron chi connectivity index (χ4n) is 8.50. The number of hydrogen-bond donors (Lipinski definition) is 10. The lowest BCUT2D eigenvalue weighted by atomic mass is 9.80. The van der Waals surface area contributed by atoms with E-state index in [2.05, 4.69) is 16.0 Å². The molecule has 3 aliphatic heterocycles. The molecule has 11 atom stereocenters. The molecule has 10 nitrogen and oxygen atoms in total. The number of aliphatic hydroxyl groups excluding tert-OH is 7. The zero-order valence-corrected chi connectivity index (χ0v) is 29.6. The van der Waals surface area contributed by atoms with Gasteiger partial charge in [0.15, 0.2) is 0 Å². The lowest BCUT2D eigenvalue weighted by molar-refractivity contribution is -0.0791. The van der Waals surface area contributed by atoms with E-state index in [9.17, 15) is 44.5 Å². The van der Waals surface area contributed by atoms with Gasteiger partial charge in [-0.15, -0.1) is 0 Å². The summed E-state index contributed by atoms with van der Waals surface area (Å²) in [6.07, 6.45) is 8.04. The van der Waals surface area contributed by atoms with E-state index < -0.39 is 54.8 Å². The Labute approximate surface area is 297 Å². The van der Waals surface area contributed by atoms with Crippen molar-refractivity contribution in [2.75, 3.05) is 39.3 Å². The van der Waals surface area contributed by atoms with Crippen molar-refractivity contribution < 1.29 is 44.5 Å². The number of nitrogens with one attached hydrogen (secondary N) is 3. The van der Waals surface area contributed by atoms with Gasteiger partial charge in [-0.1, -0.05) is 76.3 Å². The van der Waals surface area contributed by atoms with Gasteiger partial charge in [-0.05, 0) is 48.8 Å². The third-order valence-electron chi connectivity index (χ3n) is 11.7. The molecule has 12 heteroatoms. The summed E-state index contributed by atoms with van der Waals surface area (Å²) < 4.78 is 26.9. The molecule has 0 amide bonds. The first-order valence-corrected chi connectivity index (χ1v) is 19.3. The van der Waals surface area contributed by atoms with Gasteiger partial charge in [0.1, 0.15) is 12.0 Å². The molecule has 2 aliphatic carbocycles. The van der Waals surface area contributed by atoms with Gasteiger partial charge in [-0.2, -0.15) is 0 Å². The van der Waals surface area contributed by atoms with E-state index in [1.807, 2.05) is 0 Å². The van der Waals surface area contributed by atoms with Gasteiger partial charge in [-0.25, -0.2) is 8.78 Å². The van der Waals surface area contributed by atoms with Crippen molar-refractivity contribution in [3.63, 3.8) is 0 Å². The van der Waals surface area contributed by atoms with E-state index in [-0.39, 0.29) is 17.7 Å². The van der Waals surface area contributed by atoms with Crippen LogP contribution >= 0.6 is 0 Å². The highest BCUT2D eigenvalue weighted by Gasteiger charge is 2.38. The summed E-state index contributed by atoms with van der Waals surface area (Å²) in [5, 5.41) is 77.4. The van der Waals surface area contributed by atoms with Gasteiger partial charge in [0.2, 0.25) is 0 Å². The highest BCUT2D eigenvalue weighted by molar-refractivity contribution is 5.17. The van der Waals surface area contributed by atoms with Gasteiger partial charge in [0.25, 0.3) is 0 Å². The predicted octanol–water partition coefficient (Wildman–Crippen LogP) is 1.80. The van der Waals surface area contributed by atoms with Gasteiger partial charge < -0.3 is 51.7 Å². The Morgan fingerprint density at radius 3 is 1.60 bits per heavy atom. The van der Waals surface area contributed by atoms with Crippen LogP contribution in [-0.4, -0.2) is 124 Å². The summed E-state index contributed by atoms with van der Waals surface area (Å²) in [4.78, 5) is 0. The maximum absolute atomic E-state index is 14.2. The quantitative estimate of drug-likeness (QED) is 0.191. The van der Waals surface area contributed by atoms with E-state index in [1.54, 1.807) is 12.1 Å². The summed E-state index contributed by atoms with van der Waals surface area (Å²) >= 11 is 0. The van der Waals surface area contributed by atoms with Gasteiger partial charge in [0.05, 0.1) is 42.7 Å². The number of benzene rings is 1. The van der Waals surface area contributed by atoms with Crippen molar-refractivity contribution in [2.24, 2.45) is 29.6 Å². The number of rotatable bonds is 8. The lowest BCUT2D eigenvalue weighted by Crippen LogP contribution is -2.54. The molecule has 1 aromatic rings. The van der Waals surface area contributed by atoms with Crippen molar-refractivity contribution in [1.82, 2.24) is 16.0 Å². The number of hydrogen-bond acceptors (Lipinski definition) is 10. The third-order valence-corrected chi connectivity index (χ3v) is 11.7. The summed E-state index contributed by atoms with van der Waals surface area (Å²) in [6, 6.07) is 6.24. The van der Waals surface area contributed by atoms with Gasteiger partial charge in [0, 0.05) is 57.0 Å². The van der Waals surface area contributed by atoms with E-state index in [0.717, 1.165) is 24.8 Å². The number of alkyl halides is 1. The van der Waals surface area contributed by atoms with Crippen LogP contribution in [0.5, 0.6) is 0 Å². The highest BCUT2D eigenvalue weighted by Crippen LogP contribution is 2.32. The molecular weight excluding hydrogens is 648 g/mol. The first kappa shape index (κ1) is 41.4. The van der Waals surface area contributed by atoms with E-state index in [0.29, 0.717) is 63.9 Å². The number of aliphatic hydroxyl groups is 7. The Morgan fingerprint density at radius 1 is 0.580 bits per heavy atom. The SMILES string of the molecule is OC(CC1CCCCC1)[C@H]1CNC[C@@H](O)[C@@H]1O.O[C@@H]1[C@@H](Cc2ccc(F)cc2)CNC[C@H]1O.O[C@H]1[C@H](O)CNC[C@@H]1C(F)CC1CCCCC1. The standard InChI is InChI=1S/C13H24FNO2.C13H25NO3.C12H16FNO2/c14-11(6-9-4-2-1-3-5-9)10-7-15-8-12(16)13(10)17;15-11(6-9-4-2-1-3-5-9)10-7-14-8-12(16)13(10)17;13-10-3-1-8(2-4-10)5-9-6-14-7-11(15)12(9)16/h9-13,15-17H,1-8H2;9-17H,1-8H2;1-4,9,11-12,14-16H,5-7H2/t2*10-,11?,12-,13-;9-,11+,12+/m110/s1. The molecule has 2 unspecified atom stereocenters. The second-order valence-corrected chi connectivity index (χ2v) is 15.6. The van der Waals surface area contributed by atoms with Crippen LogP contribution in [0, 0.1) is 35.4 Å². The minimum absolute atomic E-state index is 0.0192. The molecule has 6 rings (SSSR count). The number of halogens is 2. The van der Waals surface area contributed by atoms with Crippen LogP contribution in [-0.2, 0) is 6.42 Å². The van der Waals surface area contributed by atoms with Crippen LogP contribution in [0.25, 0.3) is 0 Å². The summed E-state index contributed by atoms with van der Waals surface area (Å²) in [5.74, 6) is 0.136. The zero-order valence-electron chi connectivity index (χ0n) is 29.6. The molecule has 10 N–H and O–H groups in total. The summed E-state index contributed by atoms with van der Waals surface area (Å²) in [7, 11) is 0. The van der Waals surface area contributed by atoms with Crippen LogP contribution in [0.2, 0.25) is 0 Å². The van der Waals surface area contributed by atoms with Gasteiger partial charge in [-0.3, -0.25) is 0 Å². The van der Waals surface area contributed by atoms with Crippen LogP contribution in [0.1, 0.15) is 82.6 Å². The monoisotopic (exact) mass is 713 g/mol. The Kier molecular flexibility index (Phi) is 17.7. The van der Waals surface area contributed by atoms with Crippen LogP contribution in [0.4, 0.5) is 8.78 Å². The van der Waals surface area contributed by atoms with Crippen molar-refractivity contribution >= 4 is 0 Å². The molecule has 0 spiro atoms. The maximum atomic E-state index is 14.2.